The molecule has 76 valence electrons. The van der Waals surface area contributed by atoms with Crippen molar-refractivity contribution in [1.29, 1.82) is 0 Å². The summed E-state index contributed by atoms with van der Waals surface area (Å²) in [6.07, 6.45) is -9.02. The van der Waals surface area contributed by atoms with Gasteiger partial charge >= 0.3 is 12.1 Å². The van der Waals surface area contributed by atoms with Crippen molar-refractivity contribution in [2.45, 2.75) is 18.4 Å². The minimum absolute atomic E-state index is 0.135. The molecule has 0 spiro atoms. The number of carboxylic acids is 1. The van der Waals surface area contributed by atoms with Crippen LogP contribution in [0.4, 0.5) is 13.2 Å². The van der Waals surface area contributed by atoms with E-state index in [4.69, 9.17) is 5.11 Å². The molecule has 0 radical (unpaired) electrons. The van der Waals surface area contributed by atoms with Crippen LogP contribution in [0, 0.1) is 0 Å². The van der Waals surface area contributed by atoms with E-state index in [0.29, 0.717) is 0 Å². The summed E-state index contributed by atoms with van der Waals surface area (Å²) in [6.45, 7) is -0.377. The van der Waals surface area contributed by atoms with E-state index in [-0.39, 0.29) is 13.2 Å². The van der Waals surface area contributed by atoms with Crippen LogP contribution >= 0.6 is 0 Å². The first-order valence-corrected chi connectivity index (χ1v) is 3.45. The van der Waals surface area contributed by atoms with Gasteiger partial charge in [0.25, 0.3) is 0 Å². The van der Waals surface area contributed by atoms with Crippen LogP contribution < -0.4 is 0 Å². The van der Waals surface area contributed by atoms with Crippen molar-refractivity contribution in [3.8, 4) is 0 Å². The molecule has 1 aliphatic rings. The lowest BCUT2D eigenvalue weighted by atomic mass is 10.2. The number of carbonyl (C=O) groups is 1. The third-order valence-electron chi connectivity index (χ3n) is 1.52. The van der Waals surface area contributed by atoms with Crippen molar-refractivity contribution in [2.75, 3.05) is 13.2 Å². The second-order valence-electron chi connectivity index (χ2n) is 2.46. The van der Waals surface area contributed by atoms with E-state index < -0.39 is 24.4 Å². The summed E-state index contributed by atoms with van der Waals surface area (Å²) < 4.78 is 45.0. The van der Waals surface area contributed by atoms with Gasteiger partial charge in [0.15, 0.2) is 12.2 Å². The van der Waals surface area contributed by atoms with Crippen molar-refractivity contribution < 1.29 is 32.5 Å². The minimum atomic E-state index is -4.70. The molecule has 2 atom stereocenters. The normalized spacial score (nSPS) is 30.1. The average Bonchev–Trinajstić information content (AvgIpc) is 2.03. The lowest BCUT2D eigenvalue weighted by molar-refractivity contribution is -0.276. The highest BCUT2D eigenvalue weighted by molar-refractivity contribution is 5.73. The zero-order valence-corrected chi connectivity index (χ0v) is 6.37. The fourth-order valence-electron chi connectivity index (χ4n) is 0.992. The van der Waals surface area contributed by atoms with Crippen molar-refractivity contribution in [3.05, 3.63) is 0 Å². The van der Waals surface area contributed by atoms with Gasteiger partial charge in [0, 0.05) is 0 Å². The Balaban J connectivity index is 2.73. The summed E-state index contributed by atoms with van der Waals surface area (Å²) >= 11 is 0. The number of halogens is 3. The van der Waals surface area contributed by atoms with Gasteiger partial charge in [0.05, 0.1) is 13.2 Å². The molecule has 0 aromatic heterocycles. The highest BCUT2D eigenvalue weighted by Crippen LogP contribution is 2.28. The lowest BCUT2D eigenvalue weighted by Gasteiger charge is -2.30. The highest BCUT2D eigenvalue weighted by atomic mass is 19.4. The van der Waals surface area contributed by atoms with E-state index in [0.717, 1.165) is 0 Å². The summed E-state index contributed by atoms with van der Waals surface area (Å²) in [4.78, 5) is 10.3. The first-order chi connectivity index (χ1) is 5.93. The topological polar surface area (TPSA) is 55.8 Å². The van der Waals surface area contributed by atoms with Crippen LogP contribution in [0.1, 0.15) is 0 Å². The standard InChI is InChI=1S/C6H7F3O4/c7-6(8,9)4-3(5(10)11)12-1-2-13-4/h3-4H,1-2H2,(H,10,11). The Bertz CT molecular complexity index is 203. The van der Waals surface area contributed by atoms with Gasteiger partial charge in [-0.25, -0.2) is 4.79 Å². The average molecular weight is 200 g/mol. The van der Waals surface area contributed by atoms with E-state index in [9.17, 15) is 18.0 Å². The first kappa shape index (κ1) is 10.3. The van der Waals surface area contributed by atoms with Gasteiger partial charge in [0.2, 0.25) is 0 Å². The molecule has 1 saturated heterocycles. The number of ether oxygens (including phenoxy) is 2. The van der Waals surface area contributed by atoms with Crippen LogP contribution in [0.15, 0.2) is 0 Å². The molecule has 1 aliphatic heterocycles. The van der Waals surface area contributed by atoms with Crippen molar-refractivity contribution in [2.24, 2.45) is 0 Å². The fraction of sp³-hybridized carbons (Fsp3) is 0.833. The fourth-order valence-corrected chi connectivity index (χ4v) is 0.992. The van der Waals surface area contributed by atoms with E-state index in [1.54, 1.807) is 0 Å². The second kappa shape index (κ2) is 3.51. The molecular formula is C6H7F3O4. The van der Waals surface area contributed by atoms with E-state index in [2.05, 4.69) is 9.47 Å². The smallest absolute Gasteiger partial charge is 0.417 e. The van der Waals surface area contributed by atoms with Gasteiger partial charge in [-0.15, -0.1) is 0 Å². The van der Waals surface area contributed by atoms with Crippen LogP contribution in [0.2, 0.25) is 0 Å². The van der Waals surface area contributed by atoms with Gasteiger partial charge in [-0.2, -0.15) is 13.2 Å². The third-order valence-corrected chi connectivity index (χ3v) is 1.52. The van der Waals surface area contributed by atoms with Crippen LogP contribution in [-0.4, -0.2) is 42.7 Å². The Morgan fingerprint density at radius 1 is 1.31 bits per heavy atom. The van der Waals surface area contributed by atoms with Gasteiger partial charge < -0.3 is 14.6 Å². The molecule has 1 heterocycles. The Kier molecular flexibility index (Phi) is 2.77. The van der Waals surface area contributed by atoms with Crippen molar-refractivity contribution in [3.63, 3.8) is 0 Å². The monoisotopic (exact) mass is 200 g/mol. The quantitative estimate of drug-likeness (QED) is 0.666. The Morgan fingerprint density at radius 2 is 1.85 bits per heavy atom. The molecule has 0 aromatic carbocycles. The molecule has 0 bridgehead atoms. The Morgan fingerprint density at radius 3 is 2.23 bits per heavy atom. The predicted molar refractivity (Wildman–Crippen MR) is 33.2 cm³/mol. The van der Waals surface area contributed by atoms with Crippen LogP contribution in [0.5, 0.6) is 0 Å². The summed E-state index contributed by atoms with van der Waals surface area (Å²) in [5.74, 6) is -1.66. The molecule has 13 heavy (non-hydrogen) atoms. The van der Waals surface area contributed by atoms with E-state index in [1.807, 2.05) is 0 Å². The van der Waals surface area contributed by atoms with Crippen molar-refractivity contribution >= 4 is 5.97 Å². The Hall–Kier alpha value is -0.820. The third kappa shape index (κ3) is 2.31. The largest absolute Gasteiger partial charge is 0.479 e. The second-order valence-corrected chi connectivity index (χ2v) is 2.46. The summed E-state index contributed by atoms with van der Waals surface area (Å²) in [7, 11) is 0. The van der Waals surface area contributed by atoms with E-state index >= 15 is 0 Å². The highest BCUT2D eigenvalue weighted by Gasteiger charge is 2.51. The number of carboxylic acid groups (broad SMARTS) is 1. The maximum Gasteiger partial charge on any atom is 0.417 e. The molecule has 0 aromatic rings. The number of hydrogen-bond acceptors (Lipinski definition) is 3. The molecule has 1 fully saturated rings. The SMILES string of the molecule is O=C(O)C1OCCOC1C(F)(F)F. The molecule has 2 unspecified atom stereocenters. The number of aliphatic carboxylic acids is 1. The molecule has 7 heteroatoms. The minimum Gasteiger partial charge on any atom is -0.479 e. The molecular weight excluding hydrogens is 193 g/mol. The molecule has 0 amide bonds. The van der Waals surface area contributed by atoms with Gasteiger partial charge in [-0.1, -0.05) is 0 Å². The molecule has 0 aliphatic carbocycles. The van der Waals surface area contributed by atoms with Crippen LogP contribution in [0.25, 0.3) is 0 Å². The predicted octanol–water partition coefficient (Wildman–Crippen LogP) is 0.417. The van der Waals surface area contributed by atoms with E-state index in [1.165, 1.54) is 0 Å². The maximum atomic E-state index is 12.1. The molecule has 1 rings (SSSR count). The van der Waals surface area contributed by atoms with Crippen LogP contribution in [0.3, 0.4) is 0 Å². The maximum absolute atomic E-state index is 12.1. The van der Waals surface area contributed by atoms with Gasteiger partial charge in [-0.05, 0) is 0 Å². The summed E-state index contributed by atoms with van der Waals surface area (Å²) in [5.41, 5.74) is 0. The lowest BCUT2D eigenvalue weighted by Crippen LogP contribution is -2.51. The van der Waals surface area contributed by atoms with Gasteiger partial charge in [-0.3, -0.25) is 0 Å². The van der Waals surface area contributed by atoms with Crippen molar-refractivity contribution in [1.82, 2.24) is 0 Å². The zero-order valence-electron chi connectivity index (χ0n) is 6.37. The summed E-state index contributed by atoms with van der Waals surface area (Å²) in [6, 6.07) is 0. The number of alkyl halides is 3. The Labute approximate surface area is 71.2 Å². The number of rotatable bonds is 1. The molecule has 1 N–H and O–H groups in total. The molecule has 0 saturated carbocycles. The first-order valence-electron chi connectivity index (χ1n) is 3.45. The van der Waals surface area contributed by atoms with Crippen LogP contribution in [-0.2, 0) is 14.3 Å². The van der Waals surface area contributed by atoms with Gasteiger partial charge in [0.1, 0.15) is 0 Å². The summed E-state index contributed by atoms with van der Waals surface area (Å²) in [5, 5.41) is 8.37. The number of hydrogen-bond donors (Lipinski definition) is 1. The zero-order chi connectivity index (χ0) is 10.1. The molecule has 4 nitrogen and oxygen atoms in total.